The molecule has 0 aromatic rings. The van der Waals surface area contributed by atoms with Gasteiger partial charge in [-0.1, -0.05) is 47.0 Å². The number of nitrogens with one attached hydrogen (secondary N) is 1. The number of hydrogen-bond donors (Lipinski definition) is 1. The summed E-state index contributed by atoms with van der Waals surface area (Å²) in [6.45, 7) is 11.7. The molecule has 0 heterocycles. The average molecular weight is 289 g/mol. The third-order valence-corrected chi connectivity index (χ3v) is 7.55. The van der Waals surface area contributed by atoms with Gasteiger partial charge in [-0.25, -0.2) is 14.4 Å². The van der Waals surface area contributed by atoms with Crippen LogP contribution >= 0.6 is 7.59 Å². The van der Waals surface area contributed by atoms with Gasteiger partial charge >= 0.3 is 0 Å². The summed E-state index contributed by atoms with van der Waals surface area (Å²) in [5, 5.41) is 3.54. The molecule has 4 nitrogen and oxygen atoms in total. The van der Waals surface area contributed by atoms with Crippen LogP contribution in [-0.4, -0.2) is 41.6 Å². The second-order valence-electron chi connectivity index (χ2n) is 5.29. The van der Waals surface area contributed by atoms with E-state index in [0.29, 0.717) is 6.04 Å². The van der Waals surface area contributed by atoms with Gasteiger partial charge in [-0.2, -0.15) is 0 Å². The first kappa shape index (κ1) is 17.2. The lowest BCUT2D eigenvalue weighted by molar-refractivity contribution is 0.325. The first-order valence-corrected chi connectivity index (χ1v) is 9.62. The Morgan fingerprint density at radius 1 is 0.895 bits per heavy atom. The quantitative estimate of drug-likeness (QED) is 0.691. The van der Waals surface area contributed by atoms with Crippen molar-refractivity contribution < 1.29 is 4.57 Å². The monoisotopic (exact) mass is 289 g/mol. The molecule has 0 aromatic heterocycles. The average Bonchev–Trinajstić information content (AvgIpc) is 2.42. The van der Waals surface area contributed by atoms with Gasteiger partial charge in [0.05, 0.1) is 0 Å². The minimum atomic E-state index is -2.59. The van der Waals surface area contributed by atoms with Gasteiger partial charge in [0.2, 0.25) is 0 Å². The maximum absolute atomic E-state index is 13.5. The second kappa shape index (κ2) is 8.41. The lowest BCUT2D eigenvalue weighted by Crippen LogP contribution is -2.43. The van der Waals surface area contributed by atoms with Crippen molar-refractivity contribution in [3.05, 3.63) is 0 Å². The van der Waals surface area contributed by atoms with Crippen LogP contribution in [0.5, 0.6) is 0 Å². The highest BCUT2D eigenvalue weighted by Crippen LogP contribution is 2.50. The summed E-state index contributed by atoms with van der Waals surface area (Å²) in [6, 6.07) is 0.431. The first-order chi connectivity index (χ1) is 9.12. The van der Waals surface area contributed by atoms with Crippen LogP contribution in [0.15, 0.2) is 0 Å². The molecule has 1 fully saturated rings. The molecule has 19 heavy (non-hydrogen) atoms. The zero-order valence-electron chi connectivity index (χ0n) is 13.2. The van der Waals surface area contributed by atoms with Crippen molar-refractivity contribution in [2.24, 2.45) is 0 Å². The van der Waals surface area contributed by atoms with E-state index in [1.54, 1.807) is 0 Å². The van der Waals surface area contributed by atoms with Crippen LogP contribution in [0, 0.1) is 0 Å². The van der Waals surface area contributed by atoms with Crippen molar-refractivity contribution in [3.63, 3.8) is 0 Å². The molecule has 1 saturated carbocycles. The second-order valence-corrected chi connectivity index (χ2v) is 7.76. The number of nitrogens with zero attached hydrogens (tertiary/aromatic N) is 2. The molecular formula is C14H32N3OP. The lowest BCUT2D eigenvalue weighted by Gasteiger charge is -2.40. The minimum absolute atomic E-state index is 0.431. The molecular weight excluding hydrogens is 257 g/mol. The molecule has 0 amide bonds. The molecule has 0 aliphatic heterocycles. The van der Waals surface area contributed by atoms with Gasteiger partial charge in [0.1, 0.15) is 0 Å². The standard InChI is InChI=1S/C14H32N3OP/c1-5-16(6-2)19(18,17(7-3)8-4)15-14-12-10-9-11-13-14/h14H,5-13H2,1-4H3,(H,15,18). The predicted molar refractivity (Wildman–Crippen MR) is 83.5 cm³/mol. The normalized spacial score (nSPS) is 18.4. The summed E-state index contributed by atoms with van der Waals surface area (Å²) >= 11 is 0. The Morgan fingerprint density at radius 2 is 1.32 bits per heavy atom. The first-order valence-electron chi connectivity index (χ1n) is 8.00. The highest BCUT2D eigenvalue weighted by molar-refractivity contribution is 7.57. The van der Waals surface area contributed by atoms with Crippen LogP contribution in [0.1, 0.15) is 59.8 Å². The smallest absolute Gasteiger partial charge is 0.270 e. The SMILES string of the molecule is CCN(CC)P(=O)(NC1CCCCC1)N(CC)CC. The van der Waals surface area contributed by atoms with E-state index in [0.717, 1.165) is 26.2 Å². The topological polar surface area (TPSA) is 35.6 Å². The molecule has 1 aliphatic carbocycles. The molecule has 114 valence electrons. The fourth-order valence-corrected chi connectivity index (χ4v) is 5.98. The van der Waals surface area contributed by atoms with Gasteiger partial charge in [0.25, 0.3) is 7.59 Å². The van der Waals surface area contributed by atoms with Gasteiger partial charge in [0.15, 0.2) is 0 Å². The van der Waals surface area contributed by atoms with Crippen LogP contribution in [0.2, 0.25) is 0 Å². The van der Waals surface area contributed by atoms with Crippen LogP contribution in [0.3, 0.4) is 0 Å². The summed E-state index contributed by atoms with van der Waals surface area (Å²) in [4.78, 5) is 0. The van der Waals surface area contributed by atoms with E-state index >= 15 is 0 Å². The predicted octanol–water partition coefficient (Wildman–Crippen LogP) is 3.70. The molecule has 1 rings (SSSR count). The molecule has 0 aromatic carbocycles. The Bertz CT molecular complexity index is 268. The zero-order chi connectivity index (χ0) is 14.3. The van der Waals surface area contributed by atoms with E-state index < -0.39 is 7.59 Å². The molecule has 0 spiro atoms. The summed E-state index contributed by atoms with van der Waals surface area (Å²) in [5.74, 6) is 0. The van der Waals surface area contributed by atoms with Crippen molar-refractivity contribution in [2.75, 3.05) is 26.2 Å². The molecule has 0 radical (unpaired) electrons. The van der Waals surface area contributed by atoms with Crippen LogP contribution in [0.25, 0.3) is 0 Å². The molecule has 1 N–H and O–H groups in total. The zero-order valence-corrected chi connectivity index (χ0v) is 14.1. The van der Waals surface area contributed by atoms with E-state index in [1.807, 2.05) is 0 Å². The molecule has 0 unspecified atom stereocenters. The van der Waals surface area contributed by atoms with Crippen LogP contribution < -0.4 is 5.09 Å². The van der Waals surface area contributed by atoms with E-state index in [4.69, 9.17) is 0 Å². The van der Waals surface area contributed by atoms with Gasteiger partial charge in [0, 0.05) is 32.2 Å². The Hall–Kier alpha value is 0.110. The van der Waals surface area contributed by atoms with Gasteiger partial charge < -0.3 is 0 Å². The fraction of sp³-hybridized carbons (Fsp3) is 1.00. The number of hydrogen-bond acceptors (Lipinski definition) is 1. The highest BCUT2D eigenvalue weighted by Gasteiger charge is 2.36. The highest BCUT2D eigenvalue weighted by atomic mass is 31.2. The molecule has 0 saturated heterocycles. The largest absolute Gasteiger partial charge is 0.284 e. The van der Waals surface area contributed by atoms with Crippen molar-refractivity contribution in [1.82, 2.24) is 14.4 Å². The summed E-state index contributed by atoms with van der Waals surface area (Å²) in [6.07, 6.45) is 6.22. The van der Waals surface area contributed by atoms with E-state index in [1.165, 1.54) is 32.1 Å². The van der Waals surface area contributed by atoms with Crippen molar-refractivity contribution in [3.8, 4) is 0 Å². The van der Waals surface area contributed by atoms with Gasteiger partial charge in [-0.15, -0.1) is 0 Å². The molecule has 0 bridgehead atoms. The maximum Gasteiger partial charge on any atom is 0.284 e. The van der Waals surface area contributed by atoms with E-state index in [9.17, 15) is 4.57 Å². The third kappa shape index (κ3) is 4.29. The Morgan fingerprint density at radius 3 is 1.68 bits per heavy atom. The lowest BCUT2D eigenvalue weighted by atomic mass is 9.96. The minimum Gasteiger partial charge on any atom is -0.270 e. The summed E-state index contributed by atoms with van der Waals surface area (Å²) in [7, 11) is -2.59. The van der Waals surface area contributed by atoms with Crippen molar-refractivity contribution in [1.29, 1.82) is 0 Å². The Balaban J connectivity index is 2.86. The van der Waals surface area contributed by atoms with Crippen molar-refractivity contribution >= 4 is 7.59 Å². The fourth-order valence-electron chi connectivity index (χ4n) is 3.03. The van der Waals surface area contributed by atoms with E-state index in [2.05, 4.69) is 42.1 Å². The van der Waals surface area contributed by atoms with Gasteiger partial charge in [-0.05, 0) is 12.8 Å². The van der Waals surface area contributed by atoms with Crippen LogP contribution in [-0.2, 0) is 4.57 Å². The van der Waals surface area contributed by atoms with Gasteiger partial charge in [-0.3, -0.25) is 4.57 Å². The summed E-state index contributed by atoms with van der Waals surface area (Å²) < 4.78 is 17.8. The molecule has 5 heteroatoms. The van der Waals surface area contributed by atoms with Crippen LogP contribution in [0.4, 0.5) is 0 Å². The van der Waals surface area contributed by atoms with Crippen molar-refractivity contribution in [2.45, 2.75) is 65.8 Å². The Labute approximate surface area is 119 Å². The molecule has 1 aliphatic rings. The Kier molecular flexibility index (Phi) is 7.60. The third-order valence-electron chi connectivity index (χ3n) is 4.18. The van der Waals surface area contributed by atoms with E-state index in [-0.39, 0.29) is 0 Å². The molecule has 0 atom stereocenters. The summed E-state index contributed by atoms with van der Waals surface area (Å²) in [5.41, 5.74) is 0. The number of rotatable bonds is 8. The maximum atomic E-state index is 13.5.